The van der Waals surface area contributed by atoms with Gasteiger partial charge < -0.3 is 11.1 Å². The van der Waals surface area contributed by atoms with E-state index in [-0.39, 0.29) is 0 Å². The van der Waals surface area contributed by atoms with Crippen LogP contribution in [0.4, 0.5) is 0 Å². The zero-order chi connectivity index (χ0) is 13.6. The second-order valence-corrected chi connectivity index (χ2v) is 7.01. The standard InChI is InChI=1S/C18H26N2/c19-10-7-13-4-3-6-15-14(13)12-17-16-5-1-2-8-18(15,16)9-11-20-17/h3-4,6,16-17,20H,1-2,5,7-12,19H2/t16-,17+,18-/m0/s1. The number of nitrogens with two attached hydrogens (primary N) is 1. The van der Waals surface area contributed by atoms with Crippen molar-refractivity contribution in [2.75, 3.05) is 13.1 Å². The lowest BCUT2D eigenvalue weighted by Gasteiger charge is -2.56. The zero-order valence-corrected chi connectivity index (χ0v) is 12.3. The summed E-state index contributed by atoms with van der Waals surface area (Å²) >= 11 is 0. The van der Waals surface area contributed by atoms with Gasteiger partial charge in [-0.05, 0) is 67.8 Å². The molecule has 3 atom stereocenters. The fraction of sp³-hybridized carbons (Fsp3) is 0.667. The molecule has 108 valence electrons. The van der Waals surface area contributed by atoms with Crippen molar-refractivity contribution in [3.05, 3.63) is 34.9 Å². The molecule has 2 nitrogen and oxygen atoms in total. The molecule has 2 heteroatoms. The minimum atomic E-state index is 0.492. The lowest BCUT2D eigenvalue weighted by atomic mass is 9.52. The third-order valence-electron chi connectivity index (χ3n) is 6.21. The van der Waals surface area contributed by atoms with E-state index in [1.165, 1.54) is 50.6 Å². The summed E-state index contributed by atoms with van der Waals surface area (Å²) in [5.41, 5.74) is 11.2. The Labute approximate surface area is 122 Å². The number of hydrogen-bond donors (Lipinski definition) is 2. The molecule has 1 heterocycles. The highest BCUT2D eigenvalue weighted by Crippen LogP contribution is 2.54. The van der Waals surface area contributed by atoms with Crippen LogP contribution < -0.4 is 11.1 Å². The Morgan fingerprint density at radius 1 is 1.25 bits per heavy atom. The molecule has 4 rings (SSSR count). The molecule has 3 N–H and O–H groups in total. The van der Waals surface area contributed by atoms with Crippen LogP contribution in [-0.4, -0.2) is 19.1 Å². The van der Waals surface area contributed by atoms with E-state index in [9.17, 15) is 0 Å². The van der Waals surface area contributed by atoms with Crippen molar-refractivity contribution < 1.29 is 0 Å². The molecule has 0 amide bonds. The molecule has 2 fully saturated rings. The van der Waals surface area contributed by atoms with E-state index in [1.807, 2.05) is 0 Å². The molecule has 2 aliphatic carbocycles. The van der Waals surface area contributed by atoms with Crippen LogP contribution in [0.25, 0.3) is 0 Å². The van der Waals surface area contributed by atoms with Crippen LogP contribution in [-0.2, 0) is 18.3 Å². The van der Waals surface area contributed by atoms with Gasteiger partial charge in [-0.1, -0.05) is 31.0 Å². The number of piperidine rings is 1. The summed E-state index contributed by atoms with van der Waals surface area (Å²) in [4.78, 5) is 0. The number of fused-ring (bicyclic) bond motifs is 1. The largest absolute Gasteiger partial charge is 0.330 e. The molecule has 1 aliphatic heterocycles. The quantitative estimate of drug-likeness (QED) is 0.866. The van der Waals surface area contributed by atoms with Gasteiger partial charge in [-0.3, -0.25) is 0 Å². The first-order chi connectivity index (χ1) is 9.85. The second kappa shape index (κ2) is 4.85. The maximum atomic E-state index is 5.82. The lowest BCUT2D eigenvalue weighted by molar-refractivity contribution is 0.0795. The Morgan fingerprint density at radius 2 is 2.20 bits per heavy atom. The Bertz CT molecular complexity index is 506. The summed E-state index contributed by atoms with van der Waals surface area (Å²) in [5.74, 6) is 0.880. The monoisotopic (exact) mass is 270 g/mol. The highest BCUT2D eigenvalue weighted by atomic mass is 15.0. The molecule has 0 aromatic heterocycles. The highest BCUT2D eigenvalue weighted by molar-refractivity contribution is 5.45. The van der Waals surface area contributed by atoms with Gasteiger partial charge in [0.2, 0.25) is 0 Å². The fourth-order valence-electron chi connectivity index (χ4n) is 5.42. The molecule has 2 bridgehead atoms. The van der Waals surface area contributed by atoms with Gasteiger partial charge in [-0.25, -0.2) is 0 Å². The first kappa shape index (κ1) is 12.8. The van der Waals surface area contributed by atoms with E-state index in [0.717, 1.165) is 24.9 Å². The van der Waals surface area contributed by atoms with Crippen molar-refractivity contribution in [2.45, 2.75) is 56.4 Å². The van der Waals surface area contributed by atoms with E-state index in [4.69, 9.17) is 5.73 Å². The van der Waals surface area contributed by atoms with Crippen LogP contribution in [0.3, 0.4) is 0 Å². The lowest BCUT2D eigenvalue weighted by Crippen LogP contribution is -2.59. The van der Waals surface area contributed by atoms with E-state index in [0.29, 0.717) is 5.41 Å². The predicted molar refractivity (Wildman–Crippen MR) is 82.9 cm³/mol. The van der Waals surface area contributed by atoms with E-state index >= 15 is 0 Å². The van der Waals surface area contributed by atoms with Gasteiger partial charge in [-0.15, -0.1) is 0 Å². The fourth-order valence-corrected chi connectivity index (χ4v) is 5.42. The Kier molecular flexibility index (Phi) is 3.12. The topological polar surface area (TPSA) is 38.0 Å². The smallest absolute Gasteiger partial charge is 0.0144 e. The highest BCUT2D eigenvalue weighted by Gasteiger charge is 2.51. The number of benzene rings is 1. The normalized spacial score (nSPS) is 35.2. The molecule has 1 saturated carbocycles. The van der Waals surface area contributed by atoms with Crippen molar-refractivity contribution in [3.8, 4) is 0 Å². The predicted octanol–water partition coefficient (Wildman–Crippen LogP) is 2.53. The Balaban J connectivity index is 1.86. The maximum Gasteiger partial charge on any atom is 0.0144 e. The Hall–Kier alpha value is -0.860. The molecule has 1 saturated heterocycles. The zero-order valence-electron chi connectivity index (χ0n) is 12.3. The summed E-state index contributed by atoms with van der Waals surface area (Å²) in [7, 11) is 0. The van der Waals surface area contributed by atoms with Crippen molar-refractivity contribution >= 4 is 0 Å². The molecular formula is C18H26N2. The molecule has 3 aliphatic rings. The molecule has 0 spiro atoms. The van der Waals surface area contributed by atoms with Crippen LogP contribution in [0.1, 0.15) is 48.8 Å². The third-order valence-corrected chi connectivity index (χ3v) is 6.21. The molecule has 0 unspecified atom stereocenters. The summed E-state index contributed by atoms with van der Waals surface area (Å²) < 4.78 is 0. The second-order valence-electron chi connectivity index (χ2n) is 7.01. The molecule has 0 radical (unpaired) electrons. The van der Waals surface area contributed by atoms with E-state index in [2.05, 4.69) is 23.5 Å². The van der Waals surface area contributed by atoms with Gasteiger partial charge in [0.15, 0.2) is 0 Å². The van der Waals surface area contributed by atoms with Crippen LogP contribution in [0.5, 0.6) is 0 Å². The van der Waals surface area contributed by atoms with Crippen molar-refractivity contribution in [3.63, 3.8) is 0 Å². The van der Waals surface area contributed by atoms with Gasteiger partial charge in [-0.2, -0.15) is 0 Å². The molecule has 20 heavy (non-hydrogen) atoms. The van der Waals surface area contributed by atoms with Crippen LogP contribution in [0, 0.1) is 5.92 Å². The van der Waals surface area contributed by atoms with Crippen LogP contribution >= 0.6 is 0 Å². The first-order valence-corrected chi connectivity index (χ1v) is 8.40. The van der Waals surface area contributed by atoms with Gasteiger partial charge in [0.05, 0.1) is 0 Å². The third kappa shape index (κ3) is 1.71. The van der Waals surface area contributed by atoms with Gasteiger partial charge in [0, 0.05) is 11.5 Å². The average molecular weight is 270 g/mol. The molecular weight excluding hydrogens is 244 g/mol. The number of nitrogens with one attached hydrogen (secondary N) is 1. The maximum absolute atomic E-state index is 5.82. The van der Waals surface area contributed by atoms with Gasteiger partial charge >= 0.3 is 0 Å². The average Bonchev–Trinajstić information content (AvgIpc) is 2.48. The minimum Gasteiger partial charge on any atom is -0.330 e. The summed E-state index contributed by atoms with van der Waals surface area (Å²) in [5, 5.41) is 3.82. The van der Waals surface area contributed by atoms with Gasteiger partial charge in [0.25, 0.3) is 0 Å². The number of rotatable bonds is 2. The summed E-state index contributed by atoms with van der Waals surface area (Å²) in [6.45, 7) is 1.98. The van der Waals surface area contributed by atoms with Crippen molar-refractivity contribution in [2.24, 2.45) is 11.7 Å². The molecule has 1 aromatic rings. The van der Waals surface area contributed by atoms with Crippen LogP contribution in [0.15, 0.2) is 18.2 Å². The SMILES string of the molecule is NCCc1cccc2c1C[C@H]1NCC[C@@]23CCCC[C@@H]13. The molecule has 1 aromatic carbocycles. The Morgan fingerprint density at radius 3 is 3.10 bits per heavy atom. The van der Waals surface area contributed by atoms with E-state index in [1.54, 1.807) is 11.1 Å². The summed E-state index contributed by atoms with van der Waals surface area (Å²) in [6.07, 6.45) is 9.31. The van der Waals surface area contributed by atoms with Crippen molar-refractivity contribution in [1.82, 2.24) is 5.32 Å². The van der Waals surface area contributed by atoms with Crippen molar-refractivity contribution in [1.29, 1.82) is 0 Å². The summed E-state index contributed by atoms with van der Waals surface area (Å²) in [6, 6.07) is 7.75. The van der Waals surface area contributed by atoms with Crippen LogP contribution in [0.2, 0.25) is 0 Å². The first-order valence-electron chi connectivity index (χ1n) is 8.40. The van der Waals surface area contributed by atoms with E-state index < -0.39 is 0 Å². The number of hydrogen-bond acceptors (Lipinski definition) is 2. The minimum absolute atomic E-state index is 0.492. The van der Waals surface area contributed by atoms with Gasteiger partial charge in [0.1, 0.15) is 0 Å².